The summed E-state index contributed by atoms with van der Waals surface area (Å²) >= 11 is 0. The Kier molecular flexibility index (Phi) is 3.13. The van der Waals surface area contributed by atoms with Crippen molar-refractivity contribution in [1.29, 1.82) is 0 Å². The van der Waals surface area contributed by atoms with E-state index in [4.69, 9.17) is 9.47 Å². The maximum Gasteiger partial charge on any atom is 0.157 e. The number of fused-ring (bicyclic) bond motifs is 1. The summed E-state index contributed by atoms with van der Waals surface area (Å²) in [7, 11) is 3.27. The van der Waals surface area contributed by atoms with Gasteiger partial charge in [-0.2, -0.15) is 0 Å². The Hall–Kier alpha value is -1.51. The number of allylic oxidation sites excluding steroid dienone is 4. The van der Waals surface area contributed by atoms with Gasteiger partial charge in [0.2, 0.25) is 0 Å². The van der Waals surface area contributed by atoms with Crippen LogP contribution in [-0.2, 0) is 14.3 Å². The van der Waals surface area contributed by atoms with Crippen molar-refractivity contribution in [2.24, 2.45) is 0 Å². The monoisotopic (exact) mass is 220 g/mol. The van der Waals surface area contributed by atoms with Gasteiger partial charge in [-0.05, 0) is 23.6 Å². The van der Waals surface area contributed by atoms with Gasteiger partial charge in [0.1, 0.15) is 11.5 Å². The molecule has 0 saturated heterocycles. The van der Waals surface area contributed by atoms with Crippen molar-refractivity contribution in [2.75, 3.05) is 14.2 Å². The summed E-state index contributed by atoms with van der Waals surface area (Å²) in [5.74, 6) is 1.86. The van der Waals surface area contributed by atoms with Gasteiger partial charge in [-0.25, -0.2) is 0 Å². The zero-order chi connectivity index (χ0) is 11.5. The van der Waals surface area contributed by atoms with Crippen LogP contribution in [0.2, 0.25) is 0 Å². The van der Waals surface area contributed by atoms with E-state index in [2.05, 4.69) is 6.08 Å². The van der Waals surface area contributed by atoms with Crippen LogP contribution in [0.25, 0.3) is 0 Å². The number of carbonyl (C=O) groups is 1. The third-order valence-electron chi connectivity index (χ3n) is 3.05. The van der Waals surface area contributed by atoms with Crippen molar-refractivity contribution in [3.05, 3.63) is 34.8 Å². The van der Waals surface area contributed by atoms with Gasteiger partial charge in [0.15, 0.2) is 5.76 Å². The minimum Gasteiger partial charge on any atom is -0.497 e. The number of rotatable bonds is 2. The smallest absolute Gasteiger partial charge is 0.157 e. The van der Waals surface area contributed by atoms with Crippen LogP contribution in [0.1, 0.15) is 25.7 Å². The third-order valence-corrected chi connectivity index (χ3v) is 3.05. The highest BCUT2D eigenvalue weighted by molar-refractivity contribution is 5.84. The molecule has 86 valence electrons. The van der Waals surface area contributed by atoms with Crippen LogP contribution in [-0.4, -0.2) is 20.0 Å². The molecule has 0 radical (unpaired) electrons. The number of hydrogen-bond acceptors (Lipinski definition) is 3. The molecule has 3 heteroatoms. The van der Waals surface area contributed by atoms with Gasteiger partial charge in [0.25, 0.3) is 0 Å². The van der Waals surface area contributed by atoms with Gasteiger partial charge in [-0.1, -0.05) is 6.08 Å². The highest BCUT2D eigenvalue weighted by Gasteiger charge is 2.21. The largest absolute Gasteiger partial charge is 0.497 e. The van der Waals surface area contributed by atoms with Crippen LogP contribution in [0, 0.1) is 0 Å². The predicted octanol–water partition coefficient (Wildman–Crippen LogP) is 2.50. The molecule has 3 nitrogen and oxygen atoms in total. The van der Waals surface area contributed by atoms with E-state index in [0.717, 1.165) is 29.9 Å². The normalized spacial score (nSPS) is 20.8. The molecule has 0 spiro atoms. The Morgan fingerprint density at radius 1 is 1.12 bits per heavy atom. The van der Waals surface area contributed by atoms with Gasteiger partial charge in [-0.15, -0.1) is 0 Å². The first-order valence-electron chi connectivity index (χ1n) is 5.47. The summed E-state index contributed by atoms with van der Waals surface area (Å²) in [6, 6.07) is 0. The molecule has 0 unspecified atom stereocenters. The molecule has 0 aliphatic heterocycles. The predicted molar refractivity (Wildman–Crippen MR) is 60.7 cm³/mol. The van der Waals surface area contributed by atoms with E-state index in [1.807, 2.05) is 6.08 Å². The van der Waals surface area contributed by atoms with Gasteiger partial charge in [-0.3, -0.25) is 4.79 Å². The minimum atomic E-state index is 0.305. The summed E-state index contributed by atoms with van der Waals surface area (Å²) in [5.41, 5.74) is 2.35. The Balaban J connectivity index is 2.36. The van der Waals surface area contributed by atoms with Gasteiger partial charge in [0, 0.05) is 19.3 Å². The second-order valence-electron chi connectivity index (χ2n) is 4.01. The Morgan fingerprint density at radius 2 is 1.94 bits per heavy atom. The maximum absolute atomic E-state index is 11.4. The molecule has 0 aromatic carbocycles. The van der Waals surface area contributed by atoms with E-state index >= 15 is 0 Å². The number of methoxy groups -OCH3 is 2. The quantitative estimate of drug-likeness (QED) is 0.717. The fourth-order valence-electron chi connectivity index (χ4n) is 2.14. The highest BCUT2D eigenvalue weighted by Crippen LogP contribution is 2.32. The minimum absolute atomic E-state index is 0.305. The zero-order valence-electron chi connectivity index (χ0n) is 9.71. The number of hydrogen-bond donors (Lipinski definition) is 0. The van der Waals surface area contributed by atoms with E-state index in [1.165, 1.54) is 5.57 Å². The third kappa shape index (κ3) is 2.03. The number of ether oxygens (including phenoxy) is 2. The zero-order valence-corrected chi connectivity index (χ0v) is 9.71. The fraction of sp³-hybridized carbons (Fsp3) is 0.462. The second kappa shape index (κ2) is 4.56. The molecule has 1 fully saturated rings. The molecule has 0 aromatic heterocycles. The molecule has 1 saturated carbocycles. The first kappa shape index (κ1) is 11.0. The Labute approximate surface area is 95.4 Å². The van der Waals surface area contributed by atoms with Gasteiger partial charge >= 0.3 is 0 Å². The van der Waals surface area contributed by atoms with Crippen molar-refractivity contribution < 1.29 is 14.3 Å². The molecule has 0 atom stereocenters. The van der Waals surface area contributed by atoms with Crippen molar-refractivity contribution in [3.63, 3.8) is 0 Å². The van der Waals surface area contributed by atoms with E-state index < -0.39 is 0 Å². The summed E-state index contributed by atoms with van der Waals surface area (Å²) in [6.07, 6.45) is 6.85. The van der Waals surface area contributed by atoms with Crippen molar-refractivity contribution in [2.45, 2.75) is 25.7 Å². The SMILES string of the molecule is COC1=C(OC)CC=C2CCC(=O)CC2=C1. The van der Waals surface area contributed by atoms with E-state index in [-0.39, 0.29) is 0 Å². The lowest BCUT2D eigenvalue weighted by Crippen LogP contribution is -2.09. The highest BCUT2D eigenvalue weighted by atomic mass is 16.5. The van der Waals surface area contributed by atoms with Gasteiger partial charge in [0.05, 0.1) is 14.2 Å². The van der Waals surface area contributed by atoms with Crippen molar-refractivity contribution in [1.82, 2.24) is 0 Å². The molecule has 2 rings (SSSR count). The van der Waals surface area contributed by atoms with Crippen molar-refractivity contribution >= 4 is 5.78 Å². The van der Waals surface area contributed by atoms with Crippen LogP contribution < -0.4 is 0 Å². The number of ketones is 1. The first-order chi connectivity index (χ1) is 7.74. The lowest BCUT2D eigenvalue weighted by Gasteiger charge is -2.16. The molecular weight excluding hydrogens is 204 g/mol. The van der Waals surface area contributed by atoms with Crippen LogP contribution in [0.5, 0.6) is 0 Å². The molecular formula is C13H16O3. The Bertz CT molecular complexity index is 399. The lowest BCUT2D eigenvalue weighted by atomic mass is 9.88. The number of Topliss-reactive ketones (excluding diaryl/α,β-unsaturated/α-hetero) is 1. The molecule has 0 heterocycles. The summed E-state index contributed by atoms with van der Waals surface area (Å²) < 4.78 is 10.6. The average Bonchev–Trinajstić information content (AvgIpc) is 2.47. The van der Waals surface area contributed by atoms with E-state index in [9.17, 15) is 4.79 Å². The molecule has 0 aromatic rings. The van der Waals surface area contributed by atoms with Crippen molar-refractivity contribution in [3.8, 4) is 0 Å². The van der Waals surface area contributed by atoms with Gasteiger partial charge < -0.3 is 9.47 Å². The first-order valence-corrected chi connectivity index (χ1v) is 5.47. The molecule has 0 bridgehead atoms. The average molecular weight is 220 g/mol. The van der Waals surface area contributed by atoms with Crippen LogP contribution in [0.4, 0.5) is 0 Å². The standard InChI is InChI=1S/C13H16O3/c1-15-12-6-4-9-3-5-11(14)7-10(9)8-13(12)16-2/h4,8H,3,5-7H2,1-2H3. The topological polar surface area (TPSA) is 35.5 Å². The van der Waals surface area contributed by atoms with Crippen LogP contribution in [0.3, 0.4) is 0 Å². The number of carbonyl (C=O) groups excluding carboxylic acids is 1. The summed E-state index contributed by atoms with van der Waals surface area (Å²) in [5, 5.41) is 0. The molecule has 0 amide bonds. The summed E-state index contributed by atoms with van der Waals surface area (Å²) in [4.78, 5) is 11.4. The molecule has 0 N–H and O–H groups in total. The van der Waals surface area contributed by atoms with E-state index in [0.29, 0.717) is 18.6 Å². The maximum atomic E-state index is 11.4. The van der Waals surface area contributed by atoms with E-state index in [1.54, 1.807) is 14.2 Å². The molecule has 2 aliphatic carbocycles. The molecule has 16 heavy (non-hydrogen) atoms. The van der Waals surface area contributed by atoms with Crippen LogP contribution >= 0.6 is 0 Å². The molecule has 2 aliphatic rings. The van der Waals surface area contributed by atoms with Crippen LogP contribution in [0.15, 0.2) is 34.8 Å². The second-order valence-corrected chi connectivity index (χ2v) is 4.01. The fourth-order valence-corrected chi connectivity index (χ4v) is 2.14. The Morgan fingerprint density at radius 3 is 2.62 bits per heavy atom. The lowest BCUT2D eigenvalue weighted by molar-refractivity contribution is -0.118. The summed E-state index contributed by atoms with van der Waals surface area (Å²) in [6.45, 7) is 0.